The Morgan fingerprint density at radius 1 is 1.25 bits per heavy atom. The number of hydrogen-bond donors (Lipinski definition) is 1. The molecule has 2 saturated heterocycles. The fourth-order valence-electron chi connectivity index (χ4n) is 4.36. The third-order valence-corrected chi connectivity index (χ3v) is 5.75. The first-order valence-electron chi connectivity index (χ1n) is 10.0. The summed E-state index contributed by atoms with van der Waals surface area (Å²) < 4.78 is 27.5. The van der Waals surface area contributed by atoms with Gasteiger partial charge in [-0.2, -0.15) is 0 Å². The van der Waals surface area contributed by atoms with Gasteiger partial charge in [0.15, 0.2) is 11.6 Å². The first-order chi connectivity index (χ1) is 13.3. The maximum Gasteiger partial charge on any atom is 0.230 e. The van der Waals surface area contributed by atoms with E-state index in [4.69, 9.17) is 0 Å². The number of amides is 2. The van der Waals surface area contributed by atoms with E-state index in [1.807, 2.05) is 13.8 Å². The molecule has 2 fully saturated rings. The Hall–Kier alpha value is -2.02. The van der Waals surface area contributed by atoms with E-state index in [0.717, 1.165) is 31.9 Å². The summed E-state index contributed by atoms with van der Waals surface area (Å²) in [4.78, 5) is 28.9. The highest BCUT2D eigenvalue weighted by Gasteiger charge is 2.48. The molecule has 0 unspecified atom stereocenters. The summed E-state index contributed by atoms with van der Waals surface area (Å²) in [6.45, 7) is 6.56. The van der Waals surface area contributed by atoms with E-state index in [2.05, 4.69) is 10.2 Å². The van der Waals surface area contributed by atoms with Gasteiger partial charge in [-0.15, -0.1) is 0 Å². The number of rotatable bonds is 6. The van der Waals surface area contributed by atoms with E-state index in [1.165, 1.54) is 12.1 Å². The van der Waals surface area contributed by atoms with E-state index in [9.17, 15) is 18.4 Å². The Kier molecular flexibility index (Phi) is 6.33. The van der Waals surface area contributed by atoms with Crippen molar-refractivity contribution in [1.29, 1.82) is 0 Å². The van der Waals surface area contributed by atoms with Crippen LogP contribution in [0.4, 0.5) is 8.78 Å². The summed E-state index contributed by atoms with van der Waals surface area (Å²) in [5, 5.41) is 2.88. The molecule has 1 aromatic carbocycles. The van der Waals surface area contributed by atoms with Crippen LogP contribution in [0.5, 0.6) is 0 Å². The van der Waals surface area contributed by atoms with E-state index >= 15 is 0 Å². The zero-order valence-electron chi connectivity index (χ0n) is 16.6. The lowest BCUT2D eigenvalue weighted by Gasteiger charge is -2.39. The smallest absolute Gasteiger partial charge is 0.230 e. The molecule has 1 N–H and O–H groups in total. The van der Waals surface area contributed by atoms with Crippen molar-refractivity contribution < 1.29 is 18.4 Å². The fourth-order valence-corrected chi connectivity index (χ4v) is 4.36. The lowest BCUT2D eigenvalue weighted by Crippen LogP contribution is -2.49. The van der Waals surface area contributed by atoms with E-state index < -0.39 is 17.0 Å². The van der Waals surface area contributed by atoms with Gasteiger partial charge in [0.05, 0.1) is 5.41 Å². The molecule has 1 aromatic rings. The van der Waals surface area contributed by atoms with Gasteiger partial charge >= 0.3 is 0 Å². The third-order valence-electron chi connectivity index (χ3n) is 5.75. The predicted molar refractivity (Wildman–Crippen MR) is 102 cm³/mol. The summed E-state index contributed by atoms with van der Waals surface area (Å²) in [7, 11) is 0. The van der Waals surface area contributed by atoms with Crippen LogP contribution in [0, 0.1) is 17.0 Å². The summed E-state index contributed by atoms with van der Waals surface area (Å²) >= 11 is 0. The van der Waals surface area contributed by atoms with Crippen LogP contribution in [0.2, 0.25) is 0 Å². The van der Waals surface area contributed by atoms with Crippen LogP contribution in [0.1, 0.15) is 45.1 Å². The van der Waals surface area contributed by atoms with Crippen molar-refractivity contribution in [2.75, 3.05) is 26.2 Å². The Balaban J connectivity index is 1.61. The molecule has 7 heteroatoms. The van der Waals surface area contributed by atoms with Crippen molar-refractivity contribution in [3.05, 3.63) is 35.4 Å². The Morgan fingerprint density at radius 3 is 2.79 bits per heavy atom. The molecular formula is C21H29F2N3O2. The van der Waals surface area contributed by atoms with Gasteiger partial charge in [-0.25, -0.2) is 8.78 Å². The highest BCUT2D eigenvalue weighted by molar-refractivity contribution is 5.84. The number of carbonyl (C=O) groups is 2. The lowest BCUT2D eigenvalue weighted by atomic mass is 9.78. The molecule has 1 spiro atoms. The molecule has 0 radical (unpaired) electrons. The van der Waals surface area contributed by atoms with Gasteiger partial charge in [-0.3, -0.25) is 9.59 Å². The maximum absolute atomic E-state index is 14.0. The summed E-state index contributed by atoms with van der Waals surface area (Å²) in [6, 6.07) is 4.20. The number of benzene rings is 1. The number of carbonyl (C=O) groups excluding carboxylic acids is 2. The van der Waals surface area contributed by atoms with Gasteiger partial charge in [0.25, 0.3) is 0 Å². The minimum absolute atomic E-state index is 0.0223. The maximum atomic E-state index is 14.0. The van der Waals surface area contributed by atoms with E-state index in [1.54, 1.807) is 4.90 Å². The zero-order chi connectivity index (χ0) is 20.3. The van der Waals surface area contributed by atoms with Crippen LogP contribution < -0.4 is 5.32 Å². The Bertz CT molecular complexity index is 740. The standard InChI is InChI=1S/C21H29F2N3O2/c1-15(2)24-18(27)7-11-25-12-9-21(14-25)8-4-10-26(20(21)28)13-16-5-3-6-17(22)19(16)23/h3,5-6,15H,4,7-14H2,1-2H3,(H,24,27)/t21-/m0/s1. The van der Waals surface area contributed by atoms with Crippen LogP contribution >= 0.6 is 0 Å². The van der Waals surface area contributed by atoms with Gasteiger partial charge in [-0.1, -0.05) is 12.1 Å². The Labute approximate surface area is 165 Å². The second-order valence-corrected chi connectivity index (χ2v) is 8.32. The number of nitrogens with zero attached hydrogens (tertiary/aromatic N) is 2. The normalized spacial score (nSPS) is 23.0. The summed E-state index contributed by atoms with van der Waals surface area (Å²) in [5.74, 6) is -1.71. The monoisotopic (exact) mass is 393 g/mol. The minimum atomic E-state index is -0.886. The number of likely N-dealkylation sites (tertiary alicyclic amines) is 2. The van der Waals surface area contributed by atoms with E-state index in [-0.39, 0.29) is 30.0 Å². The predicted octanol–water partition coefficient (Wildman–Crippen LogP) is 2.69. The molecule has 0 aromatic heterocycles. The van der Waals surface area contributed by atoms with Crippen LogP contribution in [0.3, 0.4) is 0 Å². The summed E-state index contributed by atoms with van der Waals surface area (Å²) in [6.07, 6.45) is 2.83. The first kappa shape index (κ1) is 20.7. The molecule has 0 aliphatic carbocycles. The van der Waals surface area contributed by atoms with Gasteiger partial charge in [-0.05, 0) is 45.7 Å². The number of halogens is 2. The van der Waals surface area contributed by atoms with Gasteiger partial charge < -0.3 is 15.1 Å². The minimum Gasteiger partial charge on any atom is -0.354 e. The molecule has 2 heterocycles. The quantitative estimate of drug-likeness (QED) is 0.809. The molecule has 2 amide bonds. The molecule has 154 valence electrons. The highest BCUT2D eigenvalue weighted by atomic mass is 19.2. The zero-order valence-corrected chi connectivity index (χ0v) is 16.6. The fraction of sp³-hybridized carbons (Fsp3) is 0.619. The first-order valence-corrected chi connectivity index (χ1v) is 10.0. The van der Waals surface area contributed by atoms with Gasteiger partial charge in [0.1, 0.15) is 0 Å². The molecule has 0 bridgehead atoms. The second-order valence-electron chi connectivity index (χ2n) is 8.32. The van der Waals surface area contributed by atoms with Gasteiger partial charge in [0.2, 0.25) is 11.8 Å². The molecule has 28 heavy (non-hydrogen) atoms. The van der Waals surface area contributed by atoms with Crippen LogP contribution in [0.15, 0.2) is 18.2 Å². The number of piperidine rings is 1. The Morgan fingerprint density at radius 2 is 2.04 bits per heavy atom. The summed E-state index contributed by atoms with van der Waals surface area (Å²) in [5.41, 5.74) is -0.248. The molecule has 3 rings (SSSR count). The van der Waals surface area contributed by atoms with Crippen LogP contribution in [-0.2, 0) is 16.1 Å². The molecule has 5 nitrogen and oxygen atoms in total. The largest absolute Gasteiger partial charge is 0.354 e. The lowest BCUT2D eigenvalue weighted by molar-refractivity contribution is -0.146. The average Bonchev–Trinajstić information content (AvgIpc) is 3.05. The van der Waals surface area contributed by atoms with E-state index in [0.29, 0.717) is 26.1 Å². The number of hydrogen-bond acceptors (Lipinski definition) is 3. The van der Waals surface area contributed by atoms with Crippen molar-refractivity contribution in [2.24, 2.45) is 5.41 Å². The molecule has 2 aliphatic heterocycles. The van der Waals surface area contributed by atoms with Gasteiger partial charge in [0, 0.05) is 44.2 Å². The van der Waals surface area contributed by atoms with Crippen LogP contribution in [-0.4, -0.2) is 53.8 Å². The third kappa shape index (κ3) is 4.51. The molecule has 0 saturated carbocycles. The average molecular weight is 393 g/mol. The molecular weight excluding hydrogens is 364 g/mol. The van der Waals surface area contributed by atoms with Crippen molar-refractivity contribution in [3.63, 3.8) is 0 Å². The van der Waals surface area contributed by atoms with Crippen molar-refractivity contribution >= 4 is 11.8 Å². The number of nitrogens with one attached hydrogen (secondary N) is 1. The van der Waals surface area contributed by atoms with Crippen molar-refractivity contribution in [3.8, 4) is 0 Å². The highest BCUT2D eigenvalue weighted by Crippen LogP contribution is 2.40. The molecule has 1 atom stereocenters. The molecule has 2 aliphatic rings. The van der Waals surface area contributed by atoms with Crippen molar-refractivity contribution in [1.82, 2.24) is 15.1 Å². The second kappa shape index (κ2) is 8.55. The SMILES string of the molecule is CC(C)NC(=O)CCN1CC[C@@]2(CCCN(Cc3cccc(F)c3F)C2=O)C1. The van der Waals surface area contributed by atoms with Crippen molar-refractivity contribution in [2.45, 2.75) is 52.1 Å². The van der Waals surface area contributed by atoms with Crippen LogP contribution in [0.25, 0.3) is 0 Å². The topological polar surface area (TPSA) is 52.7 Å².